The number of aromatic nitrogens is 4. The molecule has 1 aromatic carbocycles. The number of nitrogens with zero attached hydrogens (tertiary/aromatic N) is 5. The maximum atomic E-state index is 12.7. The molecule has 1 aliphatic rings. The van der Waals surface area contributed by atoms with Crippen molar-refractivity contribution in [1.82, 2.24) is 24.4 Å². The van der Waals surface area contributed by atoms with Crippen LogP contribution in [0.4, 0.5) is 0 Å². The van der Waals surface area contributed by atoms with Gasteiger partial charge in [0.05, 0.1) is 22.6 Å². The number of likely N-dealkylation sites (tertiary alicyclic amines) is 1. The monoisotopic (exact) mass is 321 g/mol. The van der Waals surface area contributed by atoms with E-state index in [0.717, 1.165) is 43.0 Å². The number of hydrogen-bond acceptors (Lipinski definition) is 5. The second-order valence-electron chi connectivity index (χ2n) is 6.18. The normalized spacial score (nSPS) is 18.3. The molecule has 2 aromatic heterocycles. The molecule has 4 rings (SSSR count). The van der Waals surface area contributed by atoms with E-state index in [-0.39, 0.29) is 11.6 Å². The van der Waals surface area contributed by atoms with Crippen LogP contribution in [-0.4, -0.2) is 31.0 Å². The molecule has 1 aliphatic heterocycles. The summed E-state index contributed by atoms with van der Waals surface area (Å²) in [5.74, 6) is 0.838. The van der Waals surface area contributed by atoms with Gasteiger partial charge in [-0.2, -0.15) is 0 Å². The molecule has 1 unspecified atom stereocenters. The maximum absolute atomic E-state index is 12.7. The van der Waals surface area contributed by atoms with Crippen LogP contribution in [0, 0.1) is 0 Å². The van der Waals surface area contributed by atoms with Crippen LogP contribution in [-0.2, 0) is 13.6 Å². The molecule has 3 heterocycles. The van der Waals surface area contributed by atoms with Gasteiger partial charge in [0.1, 0.15) is 12.2 Å². The summed E-state index contributed by atoms with van der Waals surface area (Å²) in [6.45, 7) is 1.73. The molecule has 0 N–H and O–H groups in total. The molecule has 0 aliphatic carbocycles. The molecule has 0 amide bonds. The van der Waals surface area contributed by atoms with Crippen LogP contribution >= 0.6 is 0 Å². The summed E-state index contributed by atoms with van der Waals surface area (Å²) >= 11 is 0. The van der Waals surface area contributed by atoms with E-state index in [0.29, 0.717) is 5.39 Å². The molecule has 1 fully saturated rings. The zero-order chi connectivity index (χ0) is 16.5. The van der Waals surface area contributed by atoms with Gasteiger partial charge in [0.2, 0.25) is 0 Å². The van der Waals surface area contributed by atoms with Crippen molar-refractivity contribution in [3.63, 3.8) is 0 Å². The molecule has 1 saturated heterocycles. The highest BCUT2D eigenvalue weighted by Crippen LogP contribution is 2.31. The third-order valence-electron chi connectivity index (χ3n) is 4.69. The van der Waals surface area contributed by atoms with Crippen molar-refractivity contribution in [2.75, 3.05) is 6.54 Å². The van der Waals surface area contributed by atoms with Crippen LogP contribution in [0.25, 0.3) is 10.9 Å². The third-order valence-corrected chi connectivity index (χ3v) is 4.69. The van der Waals surface area contributed by atoms with Gasteiger partial charge in [-0.15, -0.1) is 0 Å². The van der Waals surface area contributed by atoms with Gasteiger partial charge in [-0.3, -0.25) is 14.3 Å². The summed E-state index contributed by atoms with van der Waals surface area (Å²) in [6.07, 6.45) is 5.43. The molecule has 0 spiro atoms. The standard InChI is InChI=1S/C18H19N5O/c1-22-17(21-15-6-3-2-5-14(15)18(22)24)16-7-4-10-23(16)11-13-8-9-19-12-20-13/h2-3,5-6,8-9,12,16H,4,7,10-11H2,1H3. The van der Waals surface area contributed by atoms with Gasteiger partial charge >= 0.3 is 0 Å². The van der Waals surface area contributed by atoms with Crippen molar-refractivity contribution in [2.24, 2.45) is 7.05 Å². The summed E-state index contributed by atoms with van der Waals surface area (Å²) in [7, 11) is 1.82. The lowest BCUT2D eigenvalue weighted by molar-refractivity contribution is 0.232. The Labute approximate surface area is 139 Å². The van der Waals surface area contributed by atoms with Crippen molar-refractivity contribution in [2.45, 2.75) is 25.4 Å². The fraction of sp³-hybridized carbons (Fsp3) is 0.333. The highest BCUT2D eigenvalue weighted by atomic mass is 16.1. The minimum absolute atomic E-state index is 0.0180. The Kier molecular flexibility index (Phi) is 3.82. The van der Waals surface area contributed by atoms with Crippen LogP contribution < -0.4 is 5.56 Å². The molecular formula is C18H19N5O. The lowest BCUT2D eigenvalue weighted by Crippen LogP contribution is -2.30. The van der Waals surface area contributed by atoms with Gasteiger partial charge in [0, 0.05) is 19.8 Å². The van der Waals surface area contributed by atoms with Crippen molar-refractivity contribution < 1.29 is 0 Å². The van der Waals surface area contributed by atoms with Gasteiger partial charge in [-0.25, -0.2) is 15.0 Å². The smallest absolute Gasteiger partial charge is 0.261 e. The van der Waals surface area contributed by atoms with Gasteiger partial charge in [0.15, 0.2) is 0 Å². The highest BCUT2D eigenvalue weighted by molar-refractivity contribution is 5.77. The SMILES string of the molecule is Cn1c(C2CCCN2Cc2ccncn2)nc2ccccc2c1=O. The number of rotatable bonds is 3. The minimum atomic E-state index is 0.0180. The second kappa shape index (κ2) is 6.13. The first kappa shape index (κ1) is 15.0. The number of hydrogen-bond donors (Lipinski definition) is 0. The van der Waals surface area contributed by atoms with Crippen LogP contribution in [0.2, 0.25) is 0 Å². The highest BCUT2D eigenvalue weighted by Gasteiger charge is 2.29. The molecule has 122 valence electrons. The summed E-state index contributed by atoms with van der Waals surface area (Å²) < 4.78 is 1.70. The van der Waals surface area contributed by atoms with Crippen molar-refractivity contribution >= 4 is 10.9 Å². The maximum Gasteiger partial charge on any atom is 0.261 e. The van der Waals surface area contributed by atoms with E-state index in [1.165, 1.54) is 0 Å². The van der Waals surface area contributed by atoms with E-state index < -0.39 is 0 Å². The second-order valence-corrected chi connectivity index (χ2v) is 6.18. The van der Waals surface area contributed by atoms with Crippen LogP contribution in [0.1, 0.15) is 30.4 Å². The minimum Gasteiger partial charge on any atom is -0.298 e. The lowest BCUT2D eigenvalue weighted by Gasteiger charge is -2.25. The lowest BCUT2D eigenvalue weighted by atomic mass is 10.1. The fourth-order valence-corrected chi connectivity index (χ4v) is 3.46. The van der Waals surface area contributed by atoms with E-state index >= 15 is 0 Å². The topological polar surface area (TPSA) is 63.9 Å². The van der Waals surface area contributed by atoms with Crippen molar-refractivity contribution in [3.8, 4) is 0 Å². The Morgan fingerprint density at radius 2 is 2.12 bits per heavy atom. The number of benzene rings is 1. The molecular weight excluding hydrogens is 302 g/mol. The third kappa shape index (κ3) is 2.59. The Balaban J connectivity index is 1.73. The quantitative estimate of drug-likeness (QED) is 0.739. The van der Waals surface area contributed by atoms with E-state index in [2.05, 4.69) is 14.9 Å². The Bertz CT molecular complexity index is 922. The average Bonchev–Trinajstić information content (AvgIpc) is 3.07. The predicted octanol–water partition coefficient (Wildman–Crippen LogP) is 2.06. The summed E-state index contributed by atoms with van der Waals surface area (Å²) in [5, 5.41) is 0.670. The molecule has 6 nitrogen and oxygen atoms in total. The van der Waals surface area contributed by atoms with Gasteiger partial charge in [-0.05, 0) is 37.6 Å². The summed E-state index contributed by atoms with van der Waals surface area (Å²) in [6, 6.07) is 9.62. The van der Waals surface area contributed by atoms with E-state index in [1.807, 2.05) is 37.4 Å². The van der Waals surface area contributed by atoms with Gasteiger partial charge < -0.3 is 0 Å². The summed E-state index contributed by atoms with van der Waals surface area (Å²) in [5.41, 5.74) is 1.77. The molecule has 3 aromatic rings. The number of fused-ring (bicyclic) bond motifs is 1. The zero-order valence-electron chi connectivity index (χ0n) is 13.6. The van der Waals surface area contributed by atoms with Gasteiger partial charge in [0.25, 0.3) is 5.56 Å². The molecule has 0 bridgehead atoms. The van der Waals surface area contributed by atoms with E-state index in [4.69, 9.17) is 4.98 Å². The van der Waals surface area contributed by atoms with Crippen LogP contribution in [0.3, 0.4) is 0 Å². The number of para-hydroxylation sites is 1. The molecule has 0 radical (unpaired) electrons. The first-order valence-electron chi connectivity index (χ1n) is 8.18. The molecule has 6 heteroatoms. The largest absolute Gasteiger partial charge is 0.298 e. The summed E-state index contributed by atoms with van der Waals surface area (Å²) in [4.78, 5) is 28.1. The first-order chi connectivity index (χ1) is 11.7. The van der Waals surface area contributed by atoms with Gasteiger partial charge in [-0.1, -0.05) is 12.1 Å². The fourth-order valence-electron chi connectivity index (χ4n) is 3.46. The first-order valence-corrected chi connectivity index (χ1v) is 8.18. The molecule has 1 atom stereocenters. The van der Waals surface area contributed by atoms with Crippen LogP contribution in [0.15, 0.2) is 47.7 Å². The predicted molar refractivity (Wildman–Crippen MR) is 91.4 cm³/mol. The van der Waals surface area contributed by atoms with Crippen molar-refractivity contribution in [1.29, 1.82) is 0 Å². The van der Waals surface area contributed by atoms with E-state index in [1.54, 1.807) is 17.1 Å². The molecule has 24 heavy (non-hydrogen) atoms. The Hall–Kier alpha value is -2.60. The molecule has 0 saturated carbocycles. The Morgan fingerprint density at radius 3 is 2.96 bits per heavy atom. The van der Waals surface area contributed by atoms with E-state index in [9.17, 15) is 4.79 Å². The van der Waals surface area contributed by atoms with Crippen LogP contribution in [0.5, 0.6) is 0 Å². The average molecular weight is 321 g/mol. The van der Waals surface area contributed by atoms with Crippen molar-refractivity contribution in [3.05, 3.63) is 64.7 Å². The Morgan fingerprint density at radius 1 is 1.25 bits per heavy atom. The zero-order valence-corrected chi connectivity index (χ0v) is 13.6.